The van der Waals surface area contributed by atoms with Crippen LogP contribution >= 0.6 is 0 Å². The number of benzene rings is 1. The Bertz CT molecular complexity index is 1280. The summed E-state index contributed by atoms with van der Waals surface area (Å²) in [6, 6.07) is 7.94. The van der Waals surface area contributed by atoms with E-state index >= 15 is 0 Å². The Hall–Kier alpha value is -3.61. The van der Waals surface area contributed by atoms with E-state index < -0.39 is 0 Å². The van der Waals surface area contributed by atoms with E-state index in [4.69, 9.17) is 4.42 Å². The Kier molecular flexibility index (Phi) is 4.31. The van der Waals surface area contributed by atoms with Crippen molar-refractivity contribution in [3.05, 3.63) is 70.6 Å². The quantitative estimate of drug-likeness (QED) is 0.538. The second-order valence-corrected chi connectivity index (χ2v) is 7.83. The number of fused-ring (bicyclic) bond motifs is 2. The van der Waals surface area contributed by atoms with Gasteiger partial charge >= 0.3 is 0 Å². The van der Waals surface area contributed by atoms with Crippen molar-refractivity contribution in [2.24, 2.45) is 0 Å². The van der Waals surface area contributed by atoms with Crippen LogP contribution in [-0.4, -0.2) is 25.7 Å². The molecule has 7 heteroatoms. The smallest absolute Gasteiger partial charge is 0.230 e. The van der Waals surface area contributed by atoms with Gasteiger partial charge in [-0.15, -0.1) is 0 Å². The minimum Gasteiger partial charge on any atom is -0.469 e. The lowest BCUT2D eigenvalue weighted by molar-refractivity contribution is 0.0958. The van der Waals surface area contributed by atoms with Crippen molar-refractivity contribution in [1.82, 2.24) is 19.9 Å². The molecule has 1 aliphatic carbocycles. The maximum Gasteiger partial charge on any atom is 0.230 e. The fraction of sp³-hybridized carbons (Fsp3) is 0.261. The van der Waals surface area contributed by atoms with E-state index in [-0.39, 0.29) is 11.7 Å². The van der Waals surface area contributed by atoms with E-state index in [1.54, 1.807) is 12.5 Å². The molecule has 0 saturated heterocycles. The predicted octanol–water partition coefficient (Wildman–Crippen LogP) is 4.59. The lowest BCUT2D eigenvalue weighted by Gasteiger charge is -2.21. The zero-order valence-corrected chi connectivity index (χ0v) is 17.1. The molecule has 0 bridgehead atoms. The Morgan fingerprint density at radius 2 is 1.93 bits per heavy atom. The number of nitrogens with one attached hydrogen (secondary N) is 1. The van der Waals surface area contributed by atoms with Gasteiger partial charge in [0, 0.05) is 30.3 Å². The van der Waals surface area contributed by atoms with Crippen molar-refractivity contribution in [2.75, 3.05) is 5.32 Å². The molecule has 3 heterocycles. The van der Waals surface area contributed by atoms with Gasteiger partial charge in [-0.05, 0) is 44.5 Å². The van der Waals surface area contributed by atoms with E-state index in [9.17, 15) is 4.79 Å². The van der Waals surface area contributed by atoms with Gasteiger partial charge < -0.3 is 4.42 Å². The molecule has 30 heavy (non-hydrogen) atoms. The highest BCUT2D eigenvalue weighted by atomic mass is 16.3. The third-order valence-corrected chi connectivity index (χ3v) is 5.53. The van der Waals surface area contributed by atoms with Crippen LogP contribution in [0.2, 0.25) is 0 Å². The van der Waals surface area contributed by atoms with Gasteiger partial charge in [-0.2, -0.15) is 0 Å². The lowest BCUT2D eigenvalue weighted by Crippen LogP contribution is -2.21. The average molecular weight is 399 g/mol. The van der Waals surface area contributed by atoms with Gasteiger partial charge in [0.05, 0.1) is 28.7 Å². The monoisotopic (exact) mass is 399 g/mol. The molecule has 1 atom stereocenters. The summed E-state index contributed by atoms with van der Waals surface area (Å²) in [6.07, 6.45) is 4.25. The number of furan rings is 1. The molecule has 1 unspecified atom stereocenters. The third-order valence-electron chi connectivity index (χ3n) is 5.53. The average Bonchev–Trinajstić information content (AvgIpc) is 3.24. The summed E-state index contributed by atoms with van der Waals surface area (Å²) in [5.74, 6) is 1.66. The van der Waals surface area contributed by atoms with Crippen molar-refractivity contribution >= 4 is 28.6 Å². The molecule has 0 amide bonds. The number of Topliss-reactive ketones (excluding diaryl/α,β-unsaturated/α-hetero) is 1. The van der Waals surface area contributed by atoms with E-state index in [1.165, 1.54) is 5.56 Å². The standard InChI is InChI=1S/C23H21N5O2/c1-12-7-13(2)21-16(8-12)14(3)25-23(27-21)28-22-24-11-17-18(26-22)9-15(10-19(17)29)20-5-4-6-30-20/h4-8,11,15H,9-10H2,1-3H3,(H,24,25,26,27,28). The van der Waals surface area contributed by atoms with Crippen molar-refractivity contribution < 1.29 is 9.21 Å². The fourth-order valence-corrected chi connectivity index (χ4v) is 4.12. The van der Waals surface area contributed by atoms with E-state index in [1.807, 2.05) is 26.0 Å². The molecule has 0 fully saturated rings. The highest BCUT2D eigenvalue weighted by molar-refractivity contribution is 5.98. The zero-order valence-electron chi connectivity index (χ0n) is 17.1. The molecule has 0 spiro atoms. The Morgan fingerprint density at radius 3 is 2.73 bits per heavy atom. The predicted molar refractivity (Wildman–Crippen MR) is 113 cm³/mol. The van der Waals surface area contributed by atoms with Crippen LogP contribution in [0.25, 0.3) is 10.9 Å². The van der Waals surface area contributed by atoms with Crippen molar-refractivity contribution in [2.45, 2.75) is 39.5 Å². The first-order chi connectivity index (χ1) is 14.5. The van der Waals surface area contributed by atoms with Gasteiger partial charge in [-0.25, -0.2) is 19.9 Å². The Labute approximate surface area is 173 Å². The second kappa shape index (κ2) is 7.02. The topological polar surface area (TPSA) is 93.8 Å². The van der Waals surface area contributed by atoms with Gasteiger partial charge in [0.1, 0.15) is 5.76 Å². The number of rotatable bonds is 3. The number of nitrogens with zero attached hydrogens (tertiary/aromatic N) is 4. The van der Waals surface area contributed by atoms with Crippen LogP contribution in [0.1, 0.15) is 51.0 Å². The summed E-state index contributed by atoms with van der Waals surface area (Å²) in [6.45, 7) is 6.08. The summed E-state index contributed by atoms with van der Waals surface area (Å²) < 4.78 is 5.50. The lowest BCUT2D eigenvalue weighted by atomic mass is 9.85. The largest absolute Gasteiger partial charge is 0.469 e. The van der Waals surface area contributed by atoms with Crippen LogP contribution in [0, 0.1) is 20.8 Å². The van der Waals surface area contributed by atoms with Crippen LogP contribution < -0.4 is 5.32 Å². The number of hydrogen-bond acceptors (Lipinski definition) is 7. The van der Waals surface area contributed by atoms with Gasteiger partial charge in [-0.1, -0.05) is 11.6 Å². The zero-order chi connectivity index (χ0) is 20.8. The highest BCUT2D eigenvalue weighted by Gasteiger charge is 2.29. The maximum atomic E-state index is 12.6. The number of aromatic nitrogens is 4. The van der Waals surface area contributed by atoms with Crippen molar-refractivity contribution in [1.29, 1.82) is 0 Å². The van der Waals surface area contributed by atoms with Gasteiger partial charge in [0.25, 0.3) is 0 Å². The number of ketones is 1. The Morgan fingerprint density at radius 1 is 1.07 bits per heavy atom. The highest BCUT2D eigenvalue weighted by Crippen LogP contribution is 2.32. The first-order valence-electron chi connectivity index (χ1n) is 9.93. The maximum absolute atomic E-state index is 12.6. The Balaban J connectivity index is 1.48. The van der Waals surface area contributed by atoms with E-state index in [0.29, 0.717) is 30.3 Å². The van der Waals surface area contributed by atoms with Crippen LogP contribution in [0.5, 0.6) is 0 Å². The molecule has 4 aromatic rings. The number of carbonyl (C=O) groups is 1. The minimum absolute atomic E-state index is 0.00666. The summed E-state index contributed by atoms with van der Waals surface area (Å²) >= 11 is 0. The van der Waals surface area contributed by atoms with Gasteiger partial charge in [0.15, 0.2) is 5.78 Å². The molecule has 0 aliphatic heterocycles. The van der Waals surface area contributed by atoms with Crippen LogP contribution in [0.3, 0.4) is 0 Å². The first-order valence-corrected chi connectivity index (χ1v) is 9.93. The third kappa shape index (κ3) is 3.22. The molecule has 7 nitrogen and oxygen atoms in total. The van der Waals surface area contributed by atoms with Crippen LogP contribution in [0.15, 0.2) is 41.1 Å². The summed E-state index contributed by atoms with van der Waals surface area (Å²) in [5.41, 5.74) is 5.36. The van der Waals surface area contributed by atoms with E-state index in [2.05, 4.69) is 44.3 Å². The van der Waals surface area contributed by atoms with E-state index in [0.717, 1.165) is 33.6 Å². The fourth-order valence-electron chi connectivity index (χ4n) is 4.12. The molecular weight excluding hydrogens is 378 g/mol. The van der Waals surface area contributed by atoms with Crippen molar-refractivity contribution in [3.8, 4) is 0 Å². The molecule has 1 aromatic carbocycles. The number of carbonyl (C=O) groups excluding carboxylic acids is 1. The number of aryl methyl sites for hydroxylation is 3. The summed E-state index contributed by atoms with van der Waals surface area (Å²) in [4.78, 5) is 30.7. The second-order valence-electron chi connectivity index (χ2n) is 7.83. The van der Waals surface area contributed by atoms with Crippen LogP contribution in [-0.2, 0) is 6.42 Å². The first kappa shape index (κ1) is 18.4. The summed E-state index contributed by atoms with van der Waals surface area (Å²) in [7, 11) is 0. The van der Waals surface area contributed by atoms with Crippen molar-refractivity contribution in [3.63, 3.8) is 0 Å². The number of hydrogen-bond donors (Lipinski definition) is 1. The molecule has 3 aromatic heterocycles. The molecule has 1 aliphatic rings. The molecule has 0 radical (unpaired) electrons. The molecule has 5 rings (SSSR count). The molecular formula is C23H21N5O2. The number of anilines is 2. The molecule has 0 saturated carbocycles. The minimum atomic E-state index is -0.00666. The SMILES string of the molecule is Cc1cc(C)c2nc(Nc3ncc4c(n3)CC(c3ccco3)CC4=O)nc(C)c2c1. The van der Waals surface area contributed by atoms with Gasteiger partial charge in [0.2, 0.25) is 11.9 Å². The normalized spacial score (nSPS) is 16.0. The molecule has 1 N–H and O–H groups in total. The summed E-state index contributed by atoms with van der Waals surface area (Å²) in [5, 5.41) is 4.15. The molecule has 150 valence electrons. The van der Waals surface area contributed by atoms with Crippen LogP contribution in [0.4, 0.5) is 11.9 Å². The van der Waals surface area contributed by atoms with Gasteiger partial charge in [-0.3, -0.25) is 10.1 Å².